The van der Waals surface area contributed by atoms with E-state index in [9.17, 15) is 5.21 Å². The first kappa shape index (κ1) is 12.6. The molecule has 6 nitrogen and oxygen atoms in total. The Balaban J connectivity index is 1.64. The smallest absolute Gasteiger partial charge is 0.144 e. The number of benzene rings is 1. The number of fused-ring (bicyclic) bond motifs is 1. The normalized spacial score (nSPS) is 23.4. The van der Waals surface area contributed by atoms with Crippen LogP contribution < -0.4 is 5.17 Å². The number of nitrogens with zero attached hydrogens (tertiary/aromatic N) is 3. The number of para-hydroxylation sites is 1. The third-order valence-electron chi connectivity index (χ3n) is 3.37. The molecule has 102 valence electrons. The van der Waals surface area contributed by atoms with Crippen molar-refractivity contribution >= 4 is 17.2 Å². The van der Waals surface area contributed by atoms with Crippen molar-refractivity contribution in [2.45, 2.75) is 6.42 Å². The molecule has 0 bridgehead atoms. The predicted molar refractivity (Wildman–Crippen MR) is 72.8 cm³/mol. The van der Waals surface area contributed by atoms with Crippen molar-refractivity contribution in [2.75, 3.05) is 32.8 Å². The molecule has 0 aliphatic carbocycles. The number of rotatable bonds is 3. The van der Waals surface area contributed by atoms with E-state index < -0.39 is 0 Å². The predicted octanol–water partition coefficient (Wildman–Crippen LogP) is 0.755. The molecule has 1 N–H and O–H groups in total. The zero-order valence-electron chi connectivity index (χ0n) is 10.7. The monoisotopic (exact) mass is 261 g/mol. The van der Waals surface area contributed by atoms with Gasteiger partial charge in [-0.2, -0.15) is 0 Å². The third-order valence-corrected chi connectivity index (χ3v) is 3.37. The first-order valence-electron chi connectivity index (χ1n) is 6.56. The molecule has 0 radical (unpaired) electrons. The highest BCUT2D eigenvalue weighted by atomic mass is 16.5. The molecule has 2 aliphatic rings. The van der Waals surface area contributed by atoms with Gasteiger partial charge in [0.05, 0.1) is 13.2 Å². The second kappa shape index (κ2) is 5.66. The Labute approximate surface area is 112 Å². The summed E-state index contributed by atoms with van der Waals surface area (Å²) >= 11 is 0. The number of ether oxygens (including phenoxy) is 1. The molecule has 0 spiro atoms. The fourth-order valence-corrected chi connectivity index (χ4v) is 2.29. The molecule has 1 fully saturated rings. The quantitative estimate of drug-likeness (QED) is 0.817. The summed E-state index contributed by atoms with van der Waals surface area (Å²) in [5.41, 5.74) is 5.39. The lowest BCUT2D eigenvalue weighted by atomic mass is 10.2. The van der Waals surface area contributed by atoms with Gasteiger partial charge in [0.2, 0.25) is 0 Å². The van der Waals surface area contributed by atoms with Crippen molar-refractivity contribution in [1.29, 1.82) is 0 Å². The van der Waals surface area contributed by atoms with Crippen LogP contribution in [0.1, 0.15) is 6.42 Å². The van der Waals surface area contributed by atoms with E-state index in [2.05, 4.69) is 15.3 Å². The van der Waals surface area contributed by atoms with Gasteiger partial charge in [-0.3, -0.25) is 15.5 Å². The molecule has 3 rings (SSSR count). The summed E-state index contributed by atoms with van der Waals surface area (Å²) in [5, 5.41) is 11.7. The average molecular weight is 261 g/mol. The Hall–Kier alpha value is -1.47. The second-order valence-corrected chi connectivity index (χ2v) is 4.67. The van der Waals surface area contributed by atoms with Gasteiger partial charge in [-0.25, -0.2) is 0 Å². The molecular weight excluding hydrogens is 244 g/mol. The lowest BCUT2D eigenvalue weighted by Gasteiger charge is -2.36. The number of nitrogens with one attached hydrogen (secondary N) is 1. The topological polar surface area (TPSA) is 66.4 Å². The van der Waals surface area contributed by atoms with Gasteiger partial charge >= 0.3 is 0 Å². The largest absolute Gasteiger partial charge is 0.617 e. The minimum atomic E-state index is -0.178. The van der Waals surface area contributed by atoms with Gasteiger partial charge in [-0.1, -0.05) is 18.2 Å². The highest BCUT2D eigenvalue weighted by molar-refractivity contribution is 5.96. The van der Waals surface area contributed by atoms with Crippen LogP contribution in [0.4, 0.5) is 11.4 Å². The molecule has 1 aromatic carbocycles. The van der Waals surface area contributed by atoms with Gasteiger partial charge in [0, 0.05) is 31.4 Å². The van der Waals surface area contributed by atoms with Crippen molar-refractivity contribution in [3.8, 4) is 0 Å². The van der Waals surface area contributed by atoms with Crippen LogP contribution in [0.5, 0.6) is 0 Å². The van der Waals surface area contributed by atoms with Crippen LogP contribution >= 0.6 is 0 Å². The molecule has 1 aromatic rings. The Kier molecular flexibility index (Phi) is 3.74. The van der Waals surface area contributed by atoms with Gasteiger partial charge in [0.15, 0.2) is 0 Å². The summed E-state index contributed by atoms with van der Waals surface area (Å²) in [6.45, 7) is 4.33. The molecule has 0 aromatic heterocycles. The Morgan fingerprint density at radius 3 is 2.95 bits per heavy atom. The van der Waals surface area contributed by atoms with Gasteiger partial charge in [0.1, 0.15) is 5.69 Å². The fraction of sp³-hybridized carbons (Fsp3) is 0.462. The van der Waals surface area contributed by atoms with Crippen molar-refractivity contribution in [3.63, 3.8) is 0 Å². The number of hydrogen-bond acceptors (Lipinski definition) is 4. The van der Waals surface area contributed by atoms with E-state index in [1.165, 1.54) is 0 Å². The van der Waals surface area contributed by atoms with Crippen LogP contribution in [0.15, 0.2) is 29.3 Å². The van der Waals surface area contributed by atoms with Crippen LogP contribution in [0.25, 0.3) is 5.43 Å². The SMILES string of the molecule is [O-][NH+]1[N-]C(CCN2CCOCC2)=Nc2ccccc21. The maximum absolute atomic E-state index is 11.9. The van der Waals surface area contributed by atoms with E-state index >= 15 is 0 Å². The third kappa shape index (κ3) is 2.93. The van der Waals surface area contributed by atoms with Gasteiger partial charge in [-0.15, -0.1) is 0 Å². The molecule has 1 unspecified atom stereocenters. The first-order valence-corrected chi connectivity index (χ1v) is 6.56. The summed E-state index contributed by atoms with van der Waals surface area (Å²) < 4.78 is 5.31. The van der Waals surface area contributed by atoms with Crippen molar-refractivity contribution in [1.82, 2.24) is 4.90 Å². The first-order chi connectivity index (χ1) is 9.33. The average Bonchev–Trinajstić information content (AvgIpc) is 2.46. The van der Waals surface area contributed by atoms with E-state index in [-0.39, 0.29) is 5.17 Å². The Bertz CT molecular complexity index is 471. The van der Waals surface area contributed by atoms with Crippen LogP contribution in [-0.4, -0.2) is 43.6 Å². The number of morpholine rings is 1. The minimum absolute atomic E-state index is 0.178. The van der Waals surface area contributed by atoms with Crippen LogP contribution in [-0.2, 0) is 4.74 Å². The summed E-state index contributed by atoms with van der Waals surface area (Å²) in [5.74, 6) is 0.634. The van der Waals surface area contributed by atoms with E-state index in [4.69, 9.17) is 4.74 Å². The zero-order valence-corrected chi connectivity index (χ0v) is 10.7. The highest BCUT2D eigenvalue weighted by Crippen LogP contribution is 2.25. The number of aliphatic imine (C=N–C) groups is 1. The maximum Gasteiger partial charge on any atom is 0.144 e. The maximum atomic E-state index is 11.9. The highest BCUT2D eigenvalue weighted by Gasteiger charge is 2.13. The van der Waals surface area contributed by atoms with Crippen LogP contribution in [0.3, 0.4) is 0 Å². The minimum Gasteiger partial charge on any atom is -0.617 e. The number of hydrogen-bond donors (Lipinski definition) is 1. The molecule has 1 atom stereocenters. The van der Waals surface area contributed by atoms with E-state index in [1.807, 2.05) is 18.2 Å². The van der Waals surface area contributed by atoms with E-state index in [0.717, 1.165) is 38.5 Å². The second-order valence-electron chi connectivity index (χ2n) is 4.67. The standard InChI is InChI=1S/C13H17N4O2/c18-17-12-4-2-1-3-11(12)14-13(15-17)5-6-16-7-9-19-10-8-16/h1-4,17H,5-10H2/q-1. The van der Waals surface area contributed by atoms with Crippen molar-refractivity contribution in [3.05, 3.63) is 34.9 Å². The molecular formula is C13H17N4O2-. The van der Waals surface area contributed by atoms with E-state index in [1.54, 1.807) is 6.07 Å². The zero-order chi connectivity index (χ0) is 13.1. The summed E-state index contributed by atoms with van der Waals surface area (Å²) in [6.07, 6.45) is 0.708. The molecule has 2 heterocycles. The Morgan fingerprint density at radius 2 is 2.11 bits per heavy atom. The lowest BCUT2D eigenvalue weighted by molar-refractivity contribution is -0.726. The molecule has 0 amide bonds. The Morgan fingerprint density at radius 1 is 1.32 bits per heavy atom. The van der Waals surface area contributed by atoms with Gasteiger partial charge in [0.25, 0.3) is 0 Å². The van der Waals surface area contributed by atoms with E-state index in [0.29, 0.717) is 17.9 Å². The number of amidine groups is 1. The van der Waals surface area contributed by atoms with Crippen LogP contribution in [0.2, 0.25) is 0 Å². The van der Waals surface area contributed by atoms with Crippen molar-refractivity contribution in [2.24, 2.45) is 4.99 Å². The lowest BCUT2D eigenvalue weighted by Crippen LogP contribution is -2.98. The summed E-state index contributed by atoms with van der Waals surface area (Å²) in [7, 11) is 0. The molecule has 6 heteroatoms. The number of quaternary nitrogens is 1. The fourth-order valence-electron chi connectivity index (χ4n) is 2.29. The summed E-state index contributed by atoms with van der Waals surface area (Å²) in [4.78, 5) is 6.76. The van der Waals surface area contributed by atoms with Gasteiger partial charge in [-0.05, 0) is 12.3 Å². The molecule has 19 heavy (non-hydrogen) atoms. The van der Waals surface area contributed by atoms with Crippen LogP contribution in [0, 0.1) is 5.21 Å². The summed E-state index contributed by atoms with van der Waals surface area (Å²) in [6, 6.07) is 7.35. The molecule has 0 saturated carbocycles. The van der Waals surface area contributed by atoms with Gasteiger partial charge < -0.3 is 14.9 Å². The molecule has 1 saturated heterocycles. The van der Waals surface area contributed by atoms with Crippen molar-refractivity contribution < 1.29 is 9.91 Å². The molecule has 2 aliphatic heterocycles.